The second kappa shape index (κ2) is 5.13. The van der Waals surface area contributed by atoms with Gasteiger partial charge in [-0.15, -0.1) is 0 Å². The van der Waals surface area contributed by atoms with Gasteiger partial charge in [0.25, 0.3) is 0 Å². The molecule has 1 aromatic carbocycles. The summed E-state index contributed by atoms with van der Waals surface area (Å²) in [7, 11) is 1.68. The summed E-state index contributed by atoms with van der Waals surface area (Å²) in [5, 5.41) is 0. The van der Waals surface area contributed by atoms with Crippen LogP contribution in [-0.2, 0) is 11.2 Å². The summed E-state index contributed by atoms with van der Waals surface area (Å²) in [6, 6.07) is 6.27. The fourth-order valence-corrected chi connectivity index (χ4v) is 1.82. The molecule has 0 amide bonds. The number of ether oxygens (including phenoxy) is 1. The molecule has 0 fully saturated rings. The largest absolute Gasteiger partial charge is 0.383 e. The van der Waals surface area contributed by atoms with Crippen molar-refractivity contribution in [1.29, 1.82) is 0 Å². The van der Waals surface area contributed by atoms with Crippen LogP contribution in [0.4, 0.5) is 0 Å². The predicted octanol–water partition coefficient (Wildman–Crippen LogP) is 2.20. The molecule has 2 nitrogen and oxygen atoms in total. The Kier molecular flexibility index (Phi) is 4.11. The highest BCUT2D eigenvalue weighted by atomic mass is 16.5. The Bertz CT molecular complexity index is 296. The topological polar surface area (TPSA) is 35.2 Å². The molecule has 0 heterocycles. The van der Waals surface area contributed by atoms with Gasteiger partial charge in [-0.05, 0) is 30.0 Å². The average Bonchev–Trinajstić information content (AvgIpc) is 2.17. The van der Waals surface area contributed by atoms with E-state index in [2.05, 4.69) is 32.0 Å². The Hall–Kier alpha value is -0.860. The molecule has 78 valence electrons. The Morgan fingerprint density at radius 1 is 1.43 bits per heavy atom. The second-order valence-electron chi connectivity index (χ2n) is 3.56. The molecule has 1 aromatic rings. The van der Waals surface area contributed by atoms with Gasteiger partial charge in [-0.1, -0.05) is 25.1 Å². The van der Waals surface area contributed by atoms with Crippen LogP contribution >= 0.6 is 0 Å². The Morgan fingerprint density at radius 3 is 2.71 bits per heavy atom. The van der Waals surface area contributed by atoms with Crippen LogP contribution in [0.5, 0.6) is 0 Å². The van der Waals surface area contributed by atoms with Gasteiger partial charge in [0, 0.05) is 7.11 Å². The lowest BCUT2D eigenvalue weighted by Crippen LogP contribution is -2.18. The number of hydrogen-bond acceptors (Lipinski definition) is 2. The van der Waals surface area contributed by atoms with Crippen LogP contribution in [0.25, 0.3) is 0 Å². The number of methoxy groups -OCH3 is 1. The average molecular weight is 193 g/mol. The first-order chi connectivity index (χ1) is 6.70. The zero-order valence-electron chi connectivity index (χ0n) is 9.21. The van der Waals surface area contributed by atoms with Crippen molar-refractivity contribution in [2.24, 2.45) is 5.73 Å². The third-order valence-corrected chi connectivity index (χ3v) is 2.55. The van der Waals surface area contributed by atoms with Gasteiger partial charge in [0.15, 0.2) is 0 Å². The van der Waals surface area contributed by atoms with Crippen LogP contribution in [-0.4, -0.2) is 13.7 Å². The Balaban J connectivity index is 3.00. The normalized spacial score (nSPS) is 12.9. The first-order valence-electron chi connectivity index (χ1n) is 5.03. The summed E-state index contributed by atoms with van der Waals surface area (Å²) < 4.78 is 5.07. The summed E-state index contributed by atoms with van der Waals surface area (Å²) >= 11 is 0. The van der Waals surface area contributed by atoms with Crippen LogP contribution in [0.3, 0.4) is 0 Å². The van der Waals surface area contributed by atoms with Crippen molar-refractivity contribution < 1.29 is 4.74 Å². The zero-order chi connectivity index (χ0) is 10.6. The number of hydrogen-bond donors (Lipinski definition) is 1. The van der Waals surface area contributed by atoms with Crippen LogP contribution < -0.4 is 5.73 Å². The molecule has 1 atom stereocenters. The van der Waals surface area contributed by atoms with E-state index in [1.165, 1.54) is 16.7 Å². The molecule has 0 saturated carbocycles. The van der Waals surface area contributed by atoms with Gasteiger partial charge in [0.2, 0.25) is 0 Å². The van der Waals surface area contributed by atoms with Crippen molar-refractivity contribution in [1.82, 2.24) is 0 Å². The SMILES string of the molecule is CCc1c(C)cccc1[C@@H](N)COC. The van der Waals surface area contributed by atoms with Crippen molar-refractivity contribution in [3.63, 3.8) is 0 Å². The van der Waals surface area contributed by atoms with Crippen molar-refractivity contribution in [3.05, 3.63) is 34.9 Å². The van der Waals surface area contributed by atoms with Crippen LogP contribution in [0.1, 0.15) is 29.7 Å². The van der Waals surface area contributed by atoms with E-state index in [9.17, 15) is 0 Å². The molecule has 0 aliphatic carbocycles. The minimum atomic E-state index is -0.00477. The monoisotopic (exact) mass is 193 g/mol. The lowest BCUT2D eigenvalue weighted by atomic mass is 9.95. The Morgan fingerprint density at radius 2 is 2.14 bits per heavy atom. The first-order valence-corrected chi connectivity index (χ1v) is 5.03. The molecule has 2 N–H and O–H groups in total. The van der Waals surface area contributed by atoms with Gasteiger partial charge < -0.3 is 10.5 Å². The molecule has 0 unspecified atom stereocenters. The van der Waals surface area contributed by atoms with Crippen LogP contribution in [0, 0.1) is 6.92 Å². The zero-order valence-corrected chi connectivity index (χ0v) is 9.21. The van der Waals surface area contributed by atoms with Crippen molar-refractivity contribution in [2.75, 3.05) is 13.7 Å². The molecular weight excluding hydrogens is 174 g/mol. The van der Waals surface area contributed by atoms with E-state index >= 15 is 0 Å². The van der Waals surface area contributed by atoms with Gasteiger partial charge >= 0.3 is 0 Å². The predicted molar refractivity (Wildman–Crippen MR) is 59.4 cm³/mol. The highest BCUT2D eigenvalue weighted by Gasteiger charge is 2.10. The van der Waals surface area contributed by atoms with E-state index < -0.39 is 0 Å². The molecule has 0 aliphatic heterocycles. The molecule has 0 aromatic heterocycles. The molecule has 0 spiro atoms. The molecule has 14 heavy (non-hydrogen) atoms. The summed E-state index contributed by atoms with van der Waals surface area (Å²) in [6.07, 6.45) is 1.03. The third kappa shape index (κ3) is 2.34. The first kappa shape index (κ1) is 11.2. The maximum atomic E-state index is 6.03. The van der Waals surface area contributed by atoms with E-state index in [4.69, 9.17) is 10.5 Å². The molecular formula is C12H19NO. The van der Waals surface area contributed by atoms with E-state index in [0.717, 1.165) is 6.42 Å². The molecule has 1 rings (SSSR count). The van der Waals surface area contributed by atoms with Crippen molar-refractivity contribution >= 4 is 0 Å². The van der Waals surface area contributed by atoms with Gasteiger partial charge in [-0.3, -0.25) is 0 Å². The lowest BCUT2D eigenvalue weighted by molar-refractivity contribution is 0.180. The highest BCUT2D eigenvalue weighted by Crippen LogP contribution is 2.20. The van der Waals surface area contributed by atoms with Crippen molar-refractivity contribution in [2.45, 2.75) is 26.3 Å². The van der Waals surface area contributed by atoms with Gasteiger partial charge in [0.1, 0.15) is 0 Å². The molecule has 0 radical (unpaired) electrons. The minimum absolute atomic E-state index is 0.00477. The molecule has 0 bridgehead atoms. The summed E-state index contributed by atoms with van der Waals surface area (Å²) in [4.78, 5) is 0. The summed E-state index contributed by atoms with van der Waals surface area (Å²) in [6.45, 7) is 4.86. The summed E-state index contributed by atoms with van der Waals surface area (Å²) in [5.41, 5.74) is 9.92. The smallest absolute Gasteiger partial charge is 0.0655 e. The van der Waals surface area contributed by atoms with Crippen molar-refractivity contribution in [3.8, 4) is 0 Å². The maximum absolute atomic E-state index is 6.03. The maximum Gasteiger partial charge on any atom is 0.0655 e. The standard InChI is InChI=1S/C12H19NO/c1-4-10-9(2)6-5-7-11(10)12(13)8-14-3/h5-7,12H,4,8,13H2,1-3H3/t12-/m0/s1. The van der Waals surface area contributed by atoms with Crippen LogP contribution in [0.15, 0.2) is 18.2 Å². The molecule has 2 heteroatoms. The second-order valence-corrected chi connectivity index (χ2v) is 3.56. The fourth-order valence-electron chi connectivity index (χ4n) is 1.82. The van der Waals surface area contributed by atoms with E-state index in [1.54, 1.807) is 7.11 Å². The van der Waals surface area contributed by atoms with E-state index in [0.29, 0.717) is 6.61 Å². The minimum Gasteiger partial charge on any atom is -0.383 e. The lowest BCUT2D eigenvalue weighted by Gasteiger charge is -2.16. The highest BCUT2D eigenvalue weighted by molar-refractivity contribution is 5.36. The fraction of sp³-hybridized carbons (Fsp3) is 0.500. The van der Waals surface area contributed by atoms with E-state index in [1.807, 2.05) is 0 Å². The third-order valence-electron chi connectivity index (χ3n) is 2.55. The molecule has 0 aliphatic rings. The number of nitrogens with two attached hydrogens (primary N) is 1. The van der Waals surface area contributed by atoms with E-state index in [-0.39, 0.29) is 6.04 Å². The number of benzene rings is 1. The number of aryl methyl sites for hydroxylation is 1. The quantitative estimate of drug-likeness (QED) is 0.795. The van der Waals surface area contributed by atoms with Gasteiger partial charge in [-0.2, -0.15) is 0 Å². The summed E-state index contributed by atoms with van der Waals surface area (Å²) in [5.74, 6) is 0. The van der Waals surface area contributed by atoms with Gasteiger partial charge in [-0.25, -0.2) is 0 Å². The van der Waals surface area contributed by atoms with Gasteiger partial charge in [0.05, 0.1) is 12.6 Å². The van der Waals surface area contributed by atoms with Crippen LogP contribution in [0.2, 0.25) is 0 Å². The molecule has 0 saturated heterocycles. The Labute approximate surface area is 86.1 Å². The number of rotatable bonds is 4.